The number of aliphatic hydroxyl groups is 1. The van der Waals surface area contributed by atoms with Gasteiger partial charge in [0.25, 0.3) is 0 Å². The number of carbonyl (C=O) groups is 1. The van der Waals surface area contributed by atoms with Gasteiger partial charge in [0.15, 0.2) is 0 Å². The number of benzene rings is 1. The van der Waals surface area contributed by atoms with Crippen molar-refractivity contribution >= 4 is 5.91 Å². The Labute approximate surface area is 123 Å². The summed E-state index contributed by atoms with van der Waals surface area (Å²) in [7, 11) is 0. The molecule has 21 heavy (non-hydrogen) atoms. The highest BCUT2D eigenvalue weighted by Gasteiger charge is 2.26. The van der Waals surface area contributed by atoms with Crippen molar-refractivity contribution in [2.45, 2.75) is 25.4 Å². The first-order valence-corrected chi connectivity index (χ1v) is 7.23. The Bertz CT molecular complexity index is 609. The van der Waals surface area contributed by atoms with Gasteiger partial charge in [-0.25, -0.2) is 4.98 Å². The van der Waals surface area contributed by atoms with Crippen LogP contribution in [-0.4, -0.2) is 27.2 Å². The first-order valence-electron chi connectivity index (χ1n) is 7.23. The van der Waals surface area contributed by atoms with E-state index in [2.05, 4.69) is 14.9 Å². The van der Waals surface area contributed by atoms with E-state index in [4.69, 9.17) is 0 Å². The van der Waals surface area contributed by atoms with E-state index in [0.29, 0.717) is 6.42 Å². The molecule has 1 amide bonds. The maximum Gasteiger partial charge on any atom is 0.224 e. The number of fused-ring (bicyclic) bond motifs is 1. The summed E-state index contributed by atoms with van der Waals surface area (Å²) in [6.07, 6.45) is 5.14. The highest BCUT2D eigenvalue weighted by atomic mass is 16.3. The Kier molecular flexibility index (Phi) is 4.01. The third kappa shape index (κ3) is 2.97. The average molecular weight is 285 g/mol. The van der Waals surface area contributed by atoms with Crippen LogP contribution in [0.3, 0.4) is 0 Å². The van der Waals surface area contributed by atoms with E-state index in [9.17, 15) is 9.90 Å². The Morgan fingerprint density at radius 3 is 3.00 bits per heavy atom. The first-order chi connectivity index (χ1) is 10.3. The predicted octanol–water partition coefficient (Wildman–Crippen LogP) is 1.30. The minimum absolute atomic E-state index is 0.00496. The summed E-state index contributed by atoms with van der Waals surface area (Å²) < 4.78 is 2.09. The molecule has 1 aliphatic rings. The van der Waals surface area contributed by atoms with Crippen molar-refractivity contribution < 1.29 is 9.90 Å². The van der Waals surface area contributed by atoms with Crippen molar-refractivity contribution in [2.24, 2.45) is 5.92 Å². The monoisotopic (exact) mass is 285 g/mol. The summed E-state index contributed by atoms with van der Waals surface area (Å²) in [4.78, 5) is 16.5. The number of carbonyl (C=O) groups excluding carboxylic acids is 1. The number of hydrogen-bond donors (Lipinski definition) is 2. The van der Waals surface area contributed by atoms with Crippen LogP contribution in [0.4, 0.5) is 0 Å². The summed E-state index contributed by atoms with van der Waals surface area (Å²) in [5.41, 5.74) is 2.02. The molecule has 1 unspecified atom stereocenters. The van der Waals surface area contributed by atoms with Crippen LogP contribution < -0.4 is 5.32 Å². The molecule has 110 valence electrons. The predicted molar refractivity (Wildman–Crippen MR) is 78.4 cm³/mol. The molecule has 0 spiro atoms. The van der Waals surface area contributed by atoms with Crippen LogP contribution in [0.5, 0.6) is 0 Å². The van der Waals surface area contributed by atoms with Gasteiger partial charge in [-0.3, -0.25) is 4.79 Å². The Hall–Kier alpha value is -2.14. The van der Waals surface area contributed by atoms with E-state index in [1.54, 1.807) is 0 Å². The fraction of sp³-hybridized carbons (Fsp3) is 0.375. The maximum atomic E-state index is 12.4. The molecule has 0 radical (unpaired) electrons. The zero-order valence-corrected chi connectivity index (χ0v) is 11.8. The lowest BCUT2D eigenvalue weighted by molar-refractivity contribution is -0.126. The zero-order chi connectivity index (χ0) is 14.7. The van der Waals surface area contributed by atoms with Crippen LogP contribution in [0, 0.1) is 5.92 Å². The summed E-state index contributed by atoms with van der Waals surface area (Å²) >= 11 is 0. The third-order valence-electron chi connectivity index (χ3n) is 4.04. The Balaban J connectivity index is 1.66. The molecule has 0 bridgehead atoms. The van der Waals surface area contributed by atoms with Gasteiger partial charge in [-0.2, -0.15) is 0 Å². The molecule has 2 heterocycles. The second-order valence-corrected chi connectivity index (χ2v) is 5.42. The number of hydrogen-bond acceptors (Lipinski definition) is 3. The van der Waals surface area contributed by atoms with Gasteiger partial charge in [0, 0.05) is 30.8 Å². The fourth-order valence-electron chi connectivity index (χ4n) is 2.80. The lowest BCUT2D eigenvalue weighted by atomic mass is 9.94. The zero-order valence-electron chi connectivity index (χ0n) is 11.8. The van der Waals surface area contributed by atoms with Crippen LogP contribution in [0.1, 0.15) is 23.7 Å². The molecule has 1 aliphatic heterocycles. The highest BCUT2D eigenvalue weighted by Crippen LogP contribution is 2.21. The minimum Gasteiger partial charge on any atom is -0.394 e. The molecule has 2 atom stereocenters. The normalized spacial score (nSPS) is 18.8. The number of nitrogens with zero attached hydrogens (tertiary/aromatic N) is 2. The van der Waals surface area contributed by atoms with Gasteiger partial charge in [0.05, 0.1) is 19.0 Å². The van der Waals surface area contributed by atoms with Gasteiger partial charge in [-0.15, -0.1) is 0 Å². The van der Waals surface area contributed by atoms with Crippen molar-refractivity contribution in [1.29, 1.82) is 0 Å². The van der Waals surface area contributed by atoms with E-state index in [1.807, 2.05) is 42.9 Å². The van der Waals surface area contributed by atoms with Crippen LogP contribution >= 0.6 is 0 Å². The number of rotatable bonds is 4. The van der Waals surface area contributed by atoms with Crippen LogP contribution in [0.15, 0.2) is 42.9 Å². The average Bonchev–Trinajstić information content (AvgIpc) is 3.00. The summed E-state index contributed by atoms with van der Waals surface area (Å²) in [6, 6.07) is 9.22. The molecule has 5 nitrogen and oxygen atoms in total. The van der Waals surface area contributed by atoms with E-state index in [-0.39, 0.29) is 24.5 Å². The second kappa shape index (κ2) is 6.10. The molecule has 2 aromatic rings. The van der Waals surface area contributed by atoms with Gasteiger partial charge >= 0.3 is 0 Å². The Morgan fingerprint density at radius 2 is 2.24 bits per heavy atom. The molecular formula is C16H19N3O2. The summed E-state index contributed by atoms with van der Waals surface area (Å²) in [5, 5.41) is 12.5. The number of imidazole rings is 1. The number of aliphatic hydroxyl groups excluding tert-OH is 1. The lowest BCUT2D eigenvalue weighted by Gasteiger charge is -2.25. The second-order valence-electron chi connectivity index (χ2n) is 5.42. The van der Waals surface area contributed by atoms with E-state index in [1.165, 1.54) is 0 Å². The van der Waals surface area contributed by atoms with E-state index in [0.717, 1.165) is 24.2 Å². The summed E-state index contributed by atoms with van der Waals surface area (Å²) in [5.74, 6) is -0.0442. The van der Waals surface area contributed by atoms with E-state index >= 15 is 0 Å². The van der Waals surface area contributed by atoms with Crippen molar-refractivity contribution in [3.05, 3.63) is 54.1 Å². The quantitative estimate of drug-likeness (QED) is 0.889. The number of aryl methyl sites for hydroxylation is 1. The molecule has 1 aromatic heterocycles. The highest BCUT2D eigenvalue weighted by molar-refractivity contribution is 5.79. The minimum atomic E-state index is -0.342. The molecule has 2 N–H and O–H groups in total. The van der Waals surface area contributed by atoms with Gasteiger partial charge < -0.3 is 15.0 Å². The molecular weight excluding hydrogens is 266 g/mol. The standard InChI is InChI=1S/C16H19N3O2/c20-10-15(12-4-2-1-3-5-12)18-16(21)13-6-7-19-11-17-9-14(19)8-13/h1-5,9,11,13,15,20H,6-8,10H2,(H,18,21)/t13?,15-/m1/s1. The van der Waals surface area contributed by atoms with Crippen LogP contribution in [0.2, 0.25) is 0 Å². The van der Waals surface area contributed by atoms with Gasteiger partial charge in [0.2, 0.25) is 5.91 Å². The third-order valence-corrected chi connectivity index (χ3v) is 4.04. The van der Waals surface area contributed by atoms with Crippen molar-refractivity contribution in [3.63, 3.8) is 0 Å². The van der Waals surface area contributed by atoms with Crippen LogP contribution in [0.25, 0.3) is 0 Å². The number of amides is 1. The fourth-order valence-corrected chi connectivity index (χ4v) is 2.80. The molecule has 5 heteroatoms. The van der Waals surface area contributed by atoms with Crippen molar-refractivity contribution in [2.75, 3.05) is 6.61 Å². The van der Waals surface area contributed by atoms with Crippen molar-refractivity contribution in [3.8, 4) is 0 Å². The topological polar surface area (TPSA) is 67.2 Å². The SMILES string of the molecule is O=C(N[C@H](CO)c1ccccc1)C1CCn2cncc2C1. The largest absolute Gasteiger partial charge is 0.394 e. The molecule has 0 saturated heterocycles. The molecule has 3 rings (SSSR count). The molecule has 0 fully saturated rings. The molecule has 0 saturated carbocycles. The Morgan fingerprint density at radius 1 is 1.43 bits per heavy atom. The smallest absolute Gasteiger partial charge is 0.224 e. The van der Waals surface area contributed by atoms with Gasteiger partial charge in [-0.05, 0) is 12.0 Å². The van der Waals surface area contributed by atoms with Crippen molar-refractivity contribution in [1.82, 2.24) is 14.9 Å². The van der Waals surface area contributed by atoms with Gasteiger partial charge in [-0.1, -0.05) is 30.3 Å². The van der Waals surface area contributed by atoms with Crippen LogP contribution in [-0.2, 0) is 17.8 Å². The number of nitrogens with one attached hydrogen (secondary N) is 1. The molecule has 0 aliphatic carbocycles. The lowest BCUT2D eigenvalue weighted by Crippen LogP contribution is -2.38. The maximum absolute atomic E-state index is 12.4. The molecule has 1 aromatic carbocycles. The first kappa shape index (κ1) is 13.8. The van der Waals surface area contributed by atoms with E-state index < -0.39 is 0 Å². The summed E-state index contributed by atoms with van der Waals surface area (Å²) in [6.45, 7) is 0.725. The van der Waals surface area contributed by atoms with Gasteiger partial charge in [0.1, 0.15) is 0 Å². The number of aromatic nitrogens is 2.